The zero-order chi connectivity index (χ0) is 21.8. The van der Waals surface area contributed by atoms with Crippen LogP contribution in [0.3, 0.4) is 0 Å². The molecule has 0 fully saturated rings. The number of unbranched alkanes of at least 4 members (excludes halogenated alkanes) is 7. The van der Waals surface area contributed by atoms with E-state index in [0.717, 1.165) is 51.9 Å². The van der Waals surface area contributed by atoms with Crippen LogP contribution >= 0.6 is 0 Å². The highest BCUT2D eigenvalue weighted by Crippen LogP contribution is 2.07. The van der Waals surface area contributed by atoms with E-state index in [1.807, 2.05) is 20.8 Å². The zero-order valence-electron chi connectivity index (χ0n) is 18.8. The molecule has 0 aromatic carbocycles. The van der Waals surface area contributed by atoms with Crippen molar-refractivity contribution >= 4 is 12.1 Å². The summed E-state index contributed by atoms with van der Waals surface area (Å²) in [5.74, 6) is -0.733. The Kier molecular flexibility index (Phi) is 17.8. The molecule has 0 aliphatic carbocycles. The van der Waals surface area contributed by atoms with Gasteiger partial charge in [-0.15, -0.1) is 0 Å². The van der Waals surface area contributed by atoms with Gasteiger partial charge in [0.25, 0.3) is 0 Å². The van der Waals surface area contributed by atoms with Crippen molar-refractivity contribution in [2.45, 2.75) is 97.0 Å². The van der Waals surface area contributed by atoms with Crippen LogP contribution < -0.4 is 5.32 Å². The third-order valence-electron chi connectivity index (χ3n) is 4.14. The number of amides is 1. The molecule has 0 rings (SSSR count). The number of carboxylic acids is 1. The van der Waals surface area contributed by atoms with Crippen molar-refractivity contribution in [3.8, 4) is 0 Å². The number of carbonyl (C=O) groups excluding carboxylic acids is 1. The molecule has 0 aliphatic heterocycles. The smallest absolute Gasteiger partial charge is 0.407 e. The van der Waals surface area contributed by atoms with E-state index in [-0.39, 0.29) is 12.5 Å². The highest BCUT2D eigenvalue weighted by molar-refractivity contribution is 5.67. The fraction of sp³-hybridized carbons (Fsp3) is 0.909. The first-order chi connectivity index (χ1) is 13.8. The van der Waals surface area contributed by atoms with Crippen LogP contribution in [0.5, 0.6) is 0 Å². The molecule has 1 amide bonds. The second-order valence-electron chi connectivity index (χ2n) is 8.33. The molecule has 0 saturated heterocycles. The van der Waals surface area contributed by atoms with E-state index in [1.165, 1.54) is 25.7 Å². The second-order valence-corrected chi connectivity index (χ2v) is 8.33. The van der Waals surface area contributed by atoms with Crippen molar-refractivity contribution in [2.24, 2.45) is 0 Å². The Morgan fingerprint density at radius 3 is 1.66 bits per heavy atom. The summed E-state index contributed by atoms with van der Waals surface area (Å²) in [7, 11) is 0. The number of alkyl carbamates (subject to hydrolysis) is 1. The lowest BCUT2D eigenvalue weighted by atomic mass is 10.1. The van der Waals surface area contributed by atoms with Crippen LogP contribution in [-0.4, -0.2) is 55.7 Å². The highest BCUT2D eigenvalue weighted by atomic mass is 16.6. The molecule has 0 aliphatic rings. The van der Waals surface area contributed by atoms with Gasteiger partial charge in [-0.1, -0.05) is 25.7 Å². The minimum absolute atomic E-state index is 0.235. The van der Waals surface area contributed by atoms with Crippen molar-refractivity contribution in [2.75, 3.05) is 33.0 Å². The molecule has 0 aromatic heterocycles. The molecule has 172 valence electrons. The van der Waals surface area contributed by atoms with E-state index in [0.29, 0.717) is 19.6 Å². The quantitative estimate of drug-likeness (QED) is 0.290. The van der Waals surface area contributed by atoms with E-state index in [1.54, 1.807) is 0 Å². The monoisotopic (exact) mass is 417 g/mol. The zero-order valence-corrected chi connectivity index (χ0v) is 18.8. The van der Waals surface area contributed by atoms with Crippen LogP contribution in [0.15, 0.2) is 0 Å². The van der Waals surface area contributed by atoms with Gasteiger partial charge in [0, 0.05) is 39.4 Å². The van der Waals surface area contributed by atoms with Gasteiger partial charge in [-0.25, -0.2) is 4.79 Å². The summed E-state index contributed by atoms with van der Waals surface area (Å²) in [5.41, 5.74) is -0.453. The van der Waals surface area contributed by atoms with Gasteiger partial charge in [-0.2, -0.15) is 0 Å². The van der Waals surface area contributed by atoms with Gasteiger partial charge in [-0.05, 0) is 59.3 Å². The number of carbonyl (C=O) groups is 2. The van der Waals surface area contributed by atoms with Crippen molar-refractivity contribution in [1.82, 2.24) is 5.32 Å². The molecule has 7 nitrogen and oxygen atoms in total. The van der Waals surface area contributed by atoms with E-state index < -0.39 is 11.6 Å². The molecule has 7 heteroatoms. The van der Waals surface area contributed by atoms with E-state index in [4.69, 9.17) is 19.3 Å². The van der Waals surface area contributed by atoms with Crippen molar-refractivity contribution in [3.05, 3.63) is 0 Å². The van der Waals surface area contributed by atoms with Crippen LogP contribution in [0, 0.1) is 0 Å². The van der Waals surface area contributed by atoms with Crippen molar-refractivity contribution in [3.63, 3.8) is 0 Å². The number of nitrogens with one attached hydrogen (secondary N) is 1. The summed E-state index contributed by atoms with van der Waals surface area (Å²) in [5, 5.41) is 11.3. The number of ether oxygens (including phenoxy) is 3. The molecule has 0 unspecified atom stereocenters. The molecule has 2 N–H and O–H groups in total. The maximum Gasteiger partial charge on any atom is 0.407 e. The van der Waals surface area contributed by atoms with Gasteiger partial charge in [0.1, 0.15) is 5.60 Å². The number of rotatable bonds is 19. The fourth-order valence-electron chi connectivity index (χ4n) is 2.63. The average molecular weight is 418 g/mol. The number of hydrogen-bond acceptors (Lipinski definition) is 5. The molecular weight excluding hydrogens is 374 g/mol. The lowest BCUT2D eigenvalue weighted by Gasteiger charge is -2.19. The summed E-state index contributed by atoms with van der Waals surface area (Å²) < 4.78 is 16.3. The van der Waals surface area contributed by atoms with Gasteiger partial charge < -0.3 is 24.6 Å². The number of hydrogen-bond donors (Lipinski definition) is 2. The van der Waals surface area contributed by atoms with E-state index >= 15 is 0 Å². The summed E-state index contributed by atoms with van der Waals surface area (Å²) in [6, 6.07) is 0. The van der Waals surface area contributed by atoms with Gasteiger partial charge in [0.15, 0.2) is 0 Å². The highest BCUT2D eigenvalue weighted by Gasteiger charge is 2.15. The van der Waals surface area contributed by atoms with Crippen molar-refractivity contribution < 1.29 is 28.9 Å². The predicted molar refractivity (Wildman–Crippen MR) is 114 cm³/mol. The van der Waals surface area contributed by atoms with Crippen molar-refractivity contribution in [1.29, 1.82) is 0 Å². The summed E-state index contributed by atoms with van der Waals surface area (Å²) in [6.45, 7) is 9.16. The van der Waals surface area contributed by atoms with Crippen LogP contribution in [-0.2, 0) is 19.0 Å². The summed E-state index contributed by atoms with van der Waals surface area (Å²) in [4.78, 5) is 21.8. The Morgan fingerprint density at radius 2 is 1.17 bits per heavy atom. The predicted octanol–water partition coefficient (Wildman–Crippen LogP) is 4.92. The normalized spacial score (nSPS) is 11.4. The standard InChI is InChI=1S/C22H43NO6/c1-22(2,3)29-21(26)23-15-9-13-19-28-17-11-7-5-4-6-10-16-27-18-12-8-14-20(24)25/h4-19H2,1-3H3,(H,23,26)(H,24,25). The van der Waals surface area contributed by atoms with E-state index in [2.05, 4.69) is 5.32 Å². The fourth-order valence-corrected chi connectivity index (χ4v) is 2.63. The SMILES string of the molecule is CC(C)(C)OC(=O)NCCCCOCCCCCCCCOCCCCC(=O)O. The first-order valence-corrected chi connectivity index (χ1v) is 11.2. The molecule has 0 saturated carbocycles. The van der Waals surface area contributed by atoms with Gasteiger partial charge in [0.2, 0.25) is 0 Å². The molecule has 0 bridgehead atoms. The Balaban J connectivity index is 3.14. The summed E-state index contributed by atoms with van der Waals surface area (Å²) >= 11 is 0. The minimum atomic E-state index is -0.733. The molecule has 0 radical (unpaired) electrons. The Morgan fingerprint density at radius 1 is 0.724 bits per heavy atom. The average Bonchev–Trinajstić information content (AvgIpc) is 2.62. The lowest BCUT2D eigenvalue weighted by molar-refractivity contribution is -0.137. The first-order valence-electron chi connectivity index (χ1n) is 11.2. The molecule has 0 heterocycles. The Labute approximate surface area is 176 Å². The maximum absolute atomic E-state index is 11.5. The van der Waals surface area contributed by atoms with Crippen LogP contribution in [0.4, 0.5) is 4.79 Å². The first kappa shape index (κ1) is 27.7. The Hall–Kier alpha value is -1.34. The van der Waals surface area contributed by atoms with Crippen LogP contribution in [0.25, 0.3) is 0 Å². The largest absolute Gasteiger partial charge is 0.481 e. The lowest BCUT2D eigenvalue weighted by Crippen LogP contribution is -2.33. The van der Waals surface area contributed by atoms with Gasteiger partial charge in [0.05, 0.1) is 0 Å². The van der Waals surface area contributed by atoms with E-state index in [9.17, 15) is 9.59 Å². The minimum Gasteiger partial charge on any atom is -0.481 e. The topological polar surface area (TPSA) is 94.1 Å². The molecule has 0 spiro atoms. The molecular formula is C22H43NO6. The summed E-state index contributed by atoms with van der Waals surface area (Å²) in [6.07, 6.45) is 10.2. The third kappa shape index (κ3) is 24.6. The number of carboxylic acid groups (broad SMARTS) is 1. The molecule has 0 atom stereocenters. The van der Waals surface area contributed by atoms with Gasteiger partial charge >= 0.3 is 12.1 Å². The maximum atomic E-state index is 11.5. The molecule has 0 aromatic rings. The van der Waals surface area contributed by atoms with Gasteiger partial charge in [-0.3, -0.25) is 4.79 Å². The molecule has 29 heavy (non-hydrogen) atoms. The Bertz CT molecular complexity index is 409. The van der Waals surface area contributed by atoms with Crippen LogP contribution in [0.2, 0.25) is 0 Å². The second kappa shape index (κ2) is 18.7. The van der Waals surface area contributed by atoms with Crippen LogP contribution in [0.1, 0.15) is 91.4 Å². The number of aliphatic carboxylic acids is 1. The third-order valence-corrected chi connectivity index (χ3v) is 4.14.